The van der Waals surface area contributed by atoms with Crippen LogP contribution in [0.25, 0.3) is 211 Å². The van der Waals surface area contributed by atoms with Gasteiger partial charge in [0.05, 0.1) is 44.8 Å². The third kappa shape index (κ3) is 10.6. The van der Waals surface area contributed by atoms with E-state index in [9.17, 15) is 0 Å². The minimum atomic E-state index is 0.597. The van der Waals surface area contributed by atoms with Crippen LogP contribution in [0, 0.1) is 0 Å². The maximum atomic E-state index is 6.53. The molecule has 0 aliphatic rings. The Morgan fingerprint density at radius 2 is 0.509 bits per heavy atom. The lowest BCUT2D eigenvalue weighted by Crippen LogP contribution is -1.97. The molecule has 0 atom stereocenters. The highest BCUT2D eigenvalue weighted by atomic mass is 16.4. The van der Waals surface area contributed by atoms with Gasteiger partial charge in [-0.05, 0) is 117 Å². The van der Waals surface area contributed by atoms with E-state index in [1.165, 1.54) is 10.8 Å². The fourth-order valence-electron chi connectivity index (χ4n) is 15.7. The van der Waals surface area contributed by atoms with Gasteiger partial charge >= 0.3 is 0 Å². The largest absolute Gasteiger partial charge is 0.435 e. The molecule has 6 aromatic heterocycles. The molecule has 0 N–H and O–H groups in total. The molecule has 6 heterocycles. The van der Waals surface area contributed by atoms with E-state index in [0.717, 1.165) is 188 Å². The summed E-state index contributed by atoms with van der Waals surface area (Å²) in [6, 6.07) is 126. The zero-order valence-corrected chi connectivity index (χ0v) is 58.0. The van der Waals surface area contributed by atoms with Crippen molar-refractivity contribution in [1.82, 2.24) is 39.0 Å². The number of para-hydroxylation sites is 6. The number of rotatable bonds is 10. The summed E-state index contributed by atoms with van der Waals surface area (Å²) in [6.07, 6.45) is 0. The van der Waals surface area contributed by atoms with Gasteiger partial charge in [-0.1, -0.05) is 279 Å². The summed E-state index contributed by atoms with van der Waals surface area (Å²) >= 11 is 0. The lowest BCUT2D eigenvalue weighted by Gasteiger charge is -2.13. The van der Waals surface area contributed by atoms with Crippen LogP contribution >= 0.6 is 0 Å². The smallest absolute Gasteiger partial charge is 0.227 e. The van der Waals surface area contributed by atoms with Gasteiger partial charge < -0.3 is 8.83 Å². The summed E-state index contributed by atoms with van der Waals surface area (Å²) in [5.41, 5.74) is 21.3. The molecule has 0 fully saturated rings. The van der Waals surface area contributed by atoms with Gasteiger partial charge in [0.15, 0.2) is 11.2 Å². The number of hydrogen-bond acceptors (Lipinski definition) is 8. The first-order valence-corrected chi connectivity index (χ1v) is 36.2. The van der Waals surface area contributed by atoms with Gasteiger partial charge in [0.25, 0.3) is 0 Å². The second kappa shape index (κ2) is 25.6. The number of nitrogens with zero attached hydrogens (tertiary/aromatic N) is 8. The summed E-state index contributed by atoms with van der Waals surface area (Å²) < 4.78 is 17.5. The van der Waals surface area contributed by atoms with Crippen LogP contribution in [0.3, 0.4) is 0 Å². The van der Waals surface area contributed by atoms with E-state index in [4.69, 9.17) is 38.7 Å². The summed E-state index contributed by atoms with van der Waals surface area (Å²) in [6.45, 7) is 0. The average Bonchev–Trinajstić information content (AvgIpc) is 1.51. The molecule has 16 aromatic carbocycles. The maximum absolute atomic E-state index is 6.53. The minimum absolute atomic E-state index is 0.597. The number of pyridine rings is 2. The van der Waals surface area contributed by atoms with Crippen LogP contribution in [0.1, 0.15) is 0 Å². The second-order valence-corrected chi connectivity index (χ2v) is 27.2. The summed E-state index contributed by atoms with van der Waals surface area (Å²) in [4.78, 5) is 30.8. The molecule has 10 nitrogen and oxygen atoms in total. The number of oxazole rings is 2. The molecule has 0 spiro atoms. The van der Waals surface area contributed by atoms with E-state index >= 15 is 0 Å². The van der Waals surface area contributed by atoms with E-state index in [1.54, 1.807) is 0 Å². The maximum Gasteiger partial charge on any atom is 0.227 e. The second-order valence-electron chi connectivity index (χ2n) is 27.2. The quantitative estimate of drug-likeness (QED) is 0.124. The number of aromatic nitrogens is 8. The molecule has 10 heteroatoms. The Morgan fingerprint density at radius 1 is 0.213 bits per heavy atom. The molecular weight excluding hydrogens is 1320 g/mol. The van der Waals surface area contributed by atoms with Crippen molar-refractivity contribution in [3.05, 3.63) is 364 Å². The molecule has 22 rings (SSSR count). The first-order valence-electron chi connectivity index (χ1n) is 36.2. The van der Waals surface area contributed by atoms with Gasteiger partial charge in [0, 0.05) is 88.2 Å². The zero-order valence-electron chi connectivity index (χ0n) is 58.0. The van der Waals surface area contributed by atoms with Crippen molar-refractivity contribution in [2.24, 2.45) is 0 Å². The Hall–Kier alpha value is -14.7. The Morgan fingerprint density at radius 3 is 0.907 bits per heavy atom. The van der Waals surface area contributed by atoms with Crippen molar-refractivity contribution in [2.45, 2.75) is 0 Å². The van der Waals surface area contributed by atoms with Crippen LogP contribution in [0.5, 0.6) is 0 Å². The fraction of sp³-hybridized carbons (Fsp3) is 0. The van der Waals surface area contributed by atoms with E-state index in [2.05, 4.69) is 337 Å². The predicted octanol–water partition coefficient (Wildman–Crippen LogP) is 25.4. The molecule has 0 amide bonds. The topological polar surface area (TPSA) is 113 Å². The van der Waals surface area contributed by atoms with E-state index in [-0.39, 0.29) is 0 Å². The molecule has 108 heavy (non-hydrogen) atoms. The summed E-state index contributed by atoms with van der Waals surface area (Å²) in [5.74, 6) is 3.01. The number of hydrogen-bond donors (Lipinski definition) is 0. The Labute approximate surface area is 619 Å². The molecule has 0 bridgehead atoms. The van der Waals surface area contributed by atoms with Crippen molar-refractivity contribution < 1.29 is 8.83 Å². The molecule has 0 unspecified atom stereocenters. The molecule has 0 aliphatic heterocycles. The lowest BCUT2D eigenvalue weighted by molar-refractivity contribution is 0.622. The van der Waals surface area contributed by atoms with Crippen molar-refractivity contribution in [2.75, 3.05) is 0 Å². The van der Waals surface area contributed by atoms with Crippen molar-refractivity contribution in [3.63, 3.8) is 0 Å². The SMILES string of the molecule is c1ccc(-n2c(-c3ccc(-c4cc5ccccc5c(-c5ccc(-c6nc7ccccc7n6-c6ccccc6)cc5)n4)cc3)nc3ccccc32)cc1.c1ccc2c(-c3ccc(-c4nc5c6ccccc6c6ccccc6c5o4)cc3)nc(-c3ccc(-c4nc5c6ccccc6c6ccccc6c5o4)cc3)cc2c1. The van der Waals surface area contributed by atoms with Crippen LogP contribution in [-0.2, 0) is 0 Å². The monoisotopic (exact) mass is 1380 g/mol. The number of benzene rings is 16. The average molecular weight is 1380 g/mol. The van der Waals surface area contributed by atoms with Crippen molar-refractivity contribution in [1.29, 1.82) is 0 Å². The third-order valence-electron chi connectivity index (χ3n) is 20.9. The first-order chi connectivity index (χ1) is 53.5. The van der Waals surface area contributed by atoms with Gasteiger partial charge in [-0.3, -0.25) is 9.13 Å². The normalized spacial score (nSPS) is 11.7. The third-order valence-corrected chi connectivity index (χ3v) is 20.9. The molecule has 0 saturated carbocycles. The molecule has 0 saturated heterocycles. The number of fused-ring (bicyclic) bond motifs is 16. The molecule has 22 aromatic rings. The van der Waals surface area contributed by atoms with Crippen LogP contribution in [-0.4, -0.2) is 39.0 Å². The van der Waals surface area contributed by atoms with Crippen molar-refractivity contribution >= 4 is 109 Å². The predicted molar refractivity (Wildman–Crippen MR) is 441 cm³/mol. The van der Waals surface area contributed by atoms with Gasteiger partial charge in [-0.2, -0.15) is 0 Å². The Balaban J connectivity index is 0.000000138. The van der Waals surface area contributed by atoms with Gasteiger partial charge in [-0.25, -0.2) is 29.9 Å². The molecule has 504 valence electrons. The zero-order chi connectivity index (χ0) is 71.2. The molecule has 0 radical (unpaired) electrons. The van der Waals surface area contributed by atoms with Crippen LogP contribution in [0.15, 0.2) is 373 Å². The molecular formula is C98H60N8O2. The first kappa shape index (κ1) is 61.9. The lowest BCUT2D eigenvalue weighted by atomic mass is 9.99. The Bertz CT molecular complexity index is 7120. The van der Waals surface area contributed by atoms with Crippen LogP contribution < -0.4 is 0 Å². The van der Waals surface area contributed by atoms with E-state index < -0.39 is 0 Å². The standard InChI is InChI=1S/C51H29N3O2.C47H31N5/c1-2-12-35-34(11-1)29-44(30-21-25-32(26-22-30)50-53-46-40-17-7-3-13-36(40)38-15-5-9-19-42(38)48(46)55-50)52-45(35)31-23-27-33(28-24-31)51-54-47-41-18-8-4-14-37(41)39-16-6-10-20-43(39)49(47)56-51;1-3-14-37(15-4-1)51-43-21-11-9-19-40(43)49-46(51)34-27-23-32(24-28-34)42-31-36-13-7-8-18-39(36)45(48-42)33-25-29-35(30-26-33)47-50-41-20-10-12-22-44(41)52(47)38-16-5-2-6-17-38/h1-29H;1-31H. The van der Waals surface area contributed by atoms with Gasteiger partial charge in [0.2, 0.25) is 11.8 Å². The van der Waals surface area contributed by atoms with E-state index in [1.807, 2.05) is 36.4 Å². The highest BCUT2D eigenvalue weighted by Gasteiger charge is 2.22. The van der Waals surface area contributed by atoms with Crippen LogP contribution in [0.4, 0.5) is 0 Å². The summed E-state index contributed by atoms with van der Waals surface area (Å²) in [7, 11) is 0. The summed E-state index contributed by atoms with van der Waals surface area (Å²) in [5, 5.41) is 13.4. The molecule has 0 aliphatic carbocycles. The fourth-order valence-corrected chi connectivity index (χ4v) is 15.7. The van der Waals surface area contributed by atoms with Gasteiger partial charge in [0.1, 0.15) is 22.7 Å². The van der Waals surface area contributed by atoms with Crippen molar-refractivity contribution in [3.8, 4) is 102 Å². The van der Waals surface area contributed by atoms with Crippen LogP contribution in [0.2, 0.25) is 0 Å². The highest BCUT2D eigenvalue weighted by Crippen LogP contribution is 2.43. The van der Waals surface area contributed by atoms with E-state index in [0.29, 0.717) is 11.8 Å². The Kier molecular flexibility index (Phi) is 14.7. The number of imidazole rings is 2. The highest BCUT2D eigenvalue weighted by molar-refractivity contribution is 6.24. The van der Waals surface area contributed by atoms with Gasteiger partial charge in [-0.15, -0.1) is 0 Å². The minimum Gasteiger partial charge on any atom is -0.435 e.